The summed E-state index contributed by atoms with van der Waals surface area (Å²) in [6, 6.07) is 13.8. The molecule has 0 fully saturated rings. The number of rotatable bonds is 1. The van der Waals surface area contributed by atoms with Crippen molar-refractivity contribution in [2.75, 3.05) is 0 Å². The zero-order valence-corrected chi connectivity index (χ0v) is 10.6. The van der Waals surface area contributed by atoms with Gasteiger partial charge in [-0.15, -0.1) is 11.3 Å². The summed E-state index contributed by atoms with van der Waals surface area (Å²) in [6.07, 6.45) is 0. The molecule has 83 valence electrons. The van der Waals surface area contributed by atoms with E-state index in [9.17, 15) is 0 Å². The van der Waals surface area contributed by atoms with Gasteiger partial charge in [0.2, 0.25) is 0 Å². The predicted octanol–water partition coefficient (Wildman–Crippen LogP) is 4.80. The summed E-state index contributed by atoms with van der Waals surface area (Å²) >= 11 is 7.55. The van der Waals surface area contributed by atoms with Crippen molar-refractivity contribution in [1.29, 1.82) is 0 Å². The van der Waals surface area contributed by atoms with Gasteiger partial charge in [0.25, 0.3) is 0 Å². The predicted molar refractivity (Wildman–Crippen MR) is 74.5 cm³/mol. The van der Waals surface area contributed by atoms with Crippen molar-refractivity contribution in [1.82, 2.24) is 4.98 Å². The van der Waals surface area contributed by atoms with E-state index in [4.69, 9.17) is 11.6 Å². The van der Waals surface area contributed by atoms with Crippen LogP contribution in [-0.2, 0) is 0 Å². The molecule has 1 aromatic heterocycles. The lowest BCUT2D eigenvalue weighted by Gasteiger charge is -1.95. The molecule has 0 saturated heterocycles. The second-order valence-corrected chi connectivity index (χ2v) is 5.26. The van der Waals surface area contributed by atoms with Crippen LogP contribution in [0.15, 0.2) is 42.5 Å². The summed E-state index contributed by atoms with van der Waals surface area (Å²) in [6.45, 7) is 3.99. The van der Waals surface area contributed by atoms with Gasteiger partial charge >= 0.3 is 0 Å². The number of benzene rings is 2. The number of hydrogen-bond acceptors (Lipinski definition) is 2. The van der Waals surface area contributed by atoms with Gasteiger partial charge in [-0.25, -0.2) is 4.98 Å². The summed E-state index contributed by atoms with van der Waals surface area (Å²) in [5.74, 6) is 0. The fourth-order valence-corrected chi connectivity index (χ4v) is 2.87. The minimum absolute atomic E-state index is 0.743. The smallest absolute Gasteiger partial charge is 0.124 e. The van der Waals surface area contributed by atoms with Crippen molar-refractivity contribution >= 4 is 33.2 Å². The molecule has 0 aliphatic rings. The molecule has 1 heterocycles. The minimum Gasteiger partial charge on any atom is -0.236 e. The molecule has 0 spiro atoms. The van der Waals surface area contributed by atoms with Gasteiger partial charge in [-0.1, -0.05) is 35.9 Å². The monoisotopic (exact) mass is 258 g/mol. The summed E-state index contributed by atoms with van der Waals surface area (Å²) in [4.78, 5) is 4.63. The first kappa shape index (κ1) is 10.8. The van der Waals surface area contributed by atoms with Gasteiger partial charge in [0.1, 0.15) is 5.01 Å². The normalized spacial score (nSPS) is 10.9. The second kappa shape index (κ2) is 4.13. The minimum atomic E-state index is 0.743. The van der Waals surface area contributed by atoms with Gasteiger partial charge < -0.3 is 0 Å². The van der Waals surface area contributed by atoms with Gasteiger partial charge in [-0.3, -0.25) is 0 Å². The third-order valence-electron chi connectivity index (χ3n) is 2.59. The summed E-state index contributed by atoms with van der Waals surface area (Å²) in [5.41, 5.74) is 3.05. The number of para-hydroxylation sites is 1. The fraction of sp³-hybridized carbons (Fsp3) is 0. The van der Waals surface area contributed by atoms with Crippen molar-refractivity contribution in [3.05, 3.63) is 60.0 Å². The van der Waals surface area contributed by atoms with E-state index < -0.39 is 0 Å². The molecule has 3 heteroatoms. The van der Waals surface area contributed by atoms with Crippen molar-refractivity contribution in [2.24, 2.45) is 0 Å². The Hall–Kier alpha value is -1.38. The summed E-state index contributed by atoms with van der Waals surface area (Å²) in [7, 11) is 0. The maximum Gasteiger partial charge on any atom is 0.124 e. The molecular weight excluding hydrogens is 250 g/mol. The molecule has 17 heavy (non-hydrogen) atoms. The highest BCUT2D eigenvalue weighted by atomic mass is 35.5. The van der Waals surface area contributed by atoms with Crippen LogP contribution in [0.3, 0.4) is 0 Å². The van der Waals surface area contributed by atoms with Crippen LogP contribution in [0.25, 0.3) is 20.8 Å². The quantitative estimate of drug-likeness (QED) is 0.611. The number of aromatic nitrogens is 1. The van der Waals surface area contributed by atoms with Gasteiger partial charge in [0, 0.05) is 10.6 Å². The molecule has 1 radical (unpaired) electrons. The SMILES string of the molecule is [CH2]c1cccc2sc(-c3ccc(Cl)cc3)nc12. The molecular formula is C14H9ClNS. The Labute approximate surface area is 109 Å². The van der Waals surface area contributed by atoms with Gasteiger partial charge in [-0.2, -0.15) is 0 Å². The average molecular weight is 259 g/mol. The Morgan fingerprint density at radius 3 is 2.53 bits per heavy atom. The van der Waals surface area contributed by atoms with Crippen LogP contribution in [-0.4, -0.2) is 4.98 Å². The molecule has 0 N–H and O–H groups in total. The van der Waals surface area contributed by atoms with E-state index in [2.05, 4.69) is 18.0 Å². The van der Waals surface area contributed by atoms with Crippen LogP contribution in [0.4, 0.5) is 0 Å². The number of nitrogens with zero attached hydrogens (tertiary/aromatic N) is 1. The standard InChI is InChI=1S/C14H9ClNS/c1-9-3-2-4-12-13(9)16-14(17-12)10-5-7-11(15)8-6-10/h2-8H,1H2. The summed E-state index contributed by atoms with van der Waals surface area (Å²) in [5, 5.41) is 1.75. The van der Waals surface area contributed by atoms with E-state index in [1.54, 1.807) is 11.3 Å². The van der Waals surface area contributed by atoms with Crippen LogP contribution >= 0.6 is 22.9 Å². The van der Waals surface area contributed by atoms with E-state index in [1.165, 1.54) is 4.70 Å². The van der Waals surface area contributed by atoms with E-state index >= 15 is 0 Å². The fourth-order valence-electron chi connectivity index (χ4n) is 1.72. The highest BCUT2D eigenvalue weighted by Crippen LogP contribution is 2.31. The molecule has 0 aliphatic carbocycles. The third-order valence-corrected chi connectivity index (χ3v) is 3.92. The Morgan fingerprint density at radius 2 is 1.82 bits per heavy atom. The molecule has 3 aromatic rings. The van der Waals surface area contributed by atoms with Crippen molar-refractivity contribution in [2.45, 2.75) is 0 Å². The van der Waals surface area contributed by atoms with Gasteiger partial charge in [-0.05, 0) is 30.7 Å². The lowest BCUT2D eigenvalue weighted by Crippen LogP contribution is -1.77. The molecule has 0 atom stereocenters. The van der Waals surface area contributed by atoms with E-state index in [-0.39, 0.29) is 0 Å². The van der Waals surface area contributed by atoms with E-state index in [0.717, 1.165) is 26.7 Å². The van der Waals surface area contributed by atoms with Gasteiger partial charge in [0.15, 0.2) is 0 Å². The first-order chi connectivity index (χ1) is 8.24. The number of thiazole rings is 1. The zero-order chi connectivity index (χ0) is 11.8. The van der Waals surface area contributed by atoms with E-state index in [0.29, 0.717) is 0 Å². The van der Waals surface area contributed by atoms with Crippen LogP contribution in [0.5, 0.6) is 0 Å². The van der Waals surface area contributed by atoms with E-state index in [1.807, 2.05) is 36.4 Å². The van der Waals surface area contributed by atoms with Crippen LogP contribution < -0.4 is 0 Å². The van der Waals surface area contributed by atoms with Crippen molar-refractivity contribution < 1.29 is 0 Å². The molecule has 2 aromatic carbocycles. The Kier molecular flexibility index (Phi) is 2.61. The first-order valence-corrected chi connectivity index (χ1v) is 6.41. The topological polar surface area (TPSA) is 12.9 Å². The molecule has 0 amide bonds. The van der Waals surface area contributed by atoms with Crippen LogP contribution in [0.1, 0.15) is 5.56 Å². The Balaban J connectivity index is 2.18. The largest absolute Gasteiger partial charge is 0.236 e. The molecule has 1 nitrogen and oxygen atoms in total. The number of hydrogen-bond donors (Lipinski definition) is 0. The first-order valence-electron chi connectivity index (χ1n) is 5.21. The number of halogens is 1. The molecule has 0 unspecified atom stereocenters. The molecule has 3 rings (SSSR count). The lowest BCUT2D eigenvalue weighted by molar-refractivity contribution is 1.46. The van der Waals surface area contributed by atoms with Crippen LogP contribution in [0.2, 0.25) is 5.02 Å². The molecule has 0 aliphatic heterocycles. The van der Waals surface area contributed by atoms with Crippen LogP contribution in [0, 0.1) is 6.92 Å². The average Bonchev–Trinajstić information content (AvgIpc) is 2.75. The molecule has 0 saturated carbocycles. The lowest BCUT2D eigenvalue weighted by atomic mass is 10.2. The van der Waals surface area contributed by atoms with Crippen molar-refractivity contribution in [3.8, 4) is 10.6 Å². The Bertz CT molecular complexity index is 670. The highest BCUT2D eigenvalue weighted by Gasteiger charge is 2.07. The summed E-state index contributed by atoms with van der Waals surface area (Å²) < 4.78 is 1.17. The van der Waals surface area contributed by atoms with Gasteiger partial charge in [0.05, 0.1) is 10.2 Å². The maximum atomic E-state index is 5.88. The number of fused-ring (bicyclic) bond motifs is 1. The highest BCUT2D eigenvalue weighted by molar-refractivity contribution is 7.21. The zero-order valence-electron chi connectivity index (χ0n) is 8.98. The Morgan fingerprint density at radius 1 is 1.06 bits per heavy atom. The third kappa shape index (κ3) is 1.94. The molecule has 0 bridgehead atoms. The second-order valence-electron chi connectivity index (χ2n) is 3.79. The van der Waals surface area contributed by atoms with Crippen molar-refractivity contribution in [3.63, 3.8) is 0 Å². The maximum absolute atomic E-state index is 5.88.